The summed E-state index contributed by atoms with van der Waals surface area (Å²) in [4.78, 5) is 0. The molecule has 19 heavy (non-hydrogen) atoms. The van der Waals surface area contributed by atoms with Crippen LogP contribution in [0.4, 0.5) is 5.69 Å². The number of rotatable bonds is 5. The Bertz CT molecular complexity index is 538. The molecule has 0 aromatic heterocycles. The highest BCUT2D eigenvalue weighted by Gasteiger charge is 2.04. The molecule has 2 N–H and O–H groups in total. The highest BCUT2D eigenvalue weighted by Crippen LogP contribution is 2.29. The molecule has 2 aromatic rings. The molecule has 100 valence electrons. The quantitative estimate of drug-likeness (QED) is 0.866. The molecule has 0 aliphatic carbocycles. The molecule has 0 bridgehead atoms. The second-order valence-corrected chi connectivity index (χ2v) is 4.09. The molecule has 0 aliphatic rings. The average Bonchev–Trinajstić information content (AvgIpc) is 2.46. The number of nitrogens with one attached hydrogen (secondary N) is 1. The highest BCUT2D eigenvalue weighted by molar-refractivity contribution is 5.59. The number of anilines is 1. The summed E-state index contributed by atoms with van der Waals surface area (Å²) in [5, 5.41) is 12.5. The van der Waals surface area contributed by atoms with E-state index in [1.165, 1.54) is 0 Å². The van der Waals surface area contributed by atoms with Crippen LogP contribution < -0.4 is 14.8 Å². The molecule has 4 nitrogen and oxygen atoms in total. The zero-order valence-corrected chi connectivity index (χ0v) is 11.0. The summed E-state index contributed by atoms with van der Waals surface area (Å²) in [7, 11) is 3.26. The minimum Gasteiger partial charge on any atom is -0.508 e. The average molecular weight is 259 g/mol. The number of ether oxygens (including phenoxy) is 2. The topological polar surface area (TPSA) is 50.7 Å². The van der Waals surface area contributed by atoms with Gasteiger partial charge in [0.2, 0.25) is 0 Å². The standard InChI is InChI=1S/C15H17NO3/c1-18-13-7-8-15(19-2)14(9-13)16-10-11-3-5-12(17)6-4-11/h3-9,16-17H,10H2,1-2H3. The maximum atomic E-state index is 9.24. The van der Waals surface area contributed by atoms with E-state index in [-0.39, 0.29) is 5.75 Å². The van der Waals surface area contributed by atoms with Gasteiger partial charge in [-0.15, -0.1) is 0 Å². The van der Waals surface area contributed by atoms with Crippen molar-refractivity contribution in [1.29, 1.82) is 0 Å². The van der Waals surface area contributed by atoms with Crippen LogP contribution in [-0.2, 0) is 6.54 Å². The zero-order valence-electron chi connectivity index (χ0n) is 11.0. The molecule has 0 heterocycles. The van der Waals surface area contributed by atoms with Crippen molar-refractivity contribution in [3.8, 4) is 17.2 Å². The molecule has 0 atom stereocenters. The van der Waals surface area contributed by atoms with Gasteiger partial charge in [0.15, 0.2) is 0 Å². The summed E-state index contributed by atoms with van der Waals surface area (Å²) in [6.07, 6.45) is 0. The summed E-state index contributed by atoms with van der Waals surface area (Å²) in [6.45, 7) is 0.643. The van der Waals surface area contributed by atoms with Crippen LogP contribution in [0.3, 0.4) is 0 Å². The zero-order chi connectivity index (χ0) is 13.7. The molecule has 0 fully saturated rings. The first-order chi connectivity index (χ1) is 9.22. The van der Waals surface area contributed by atoms with E-state index in [1.54, 1.807) is 26.4 Å². The Morgan fingerprint density at radius 1 is 1.00 bits per heavy atom. The van der Waals surface area contributed by atoms with Gasteiger partial charge < -0.3 is 19.9 Å². The lowest BCUT2D eigenvalue weighted by molar-refractivity contribution is 0.404. The van der Waals surface area contributed by atoms with E-state index in [9.17, 15) is 5.11 Å². The summed E-state index contributed by atoms with van der Waals surface area (Å²) >= 11 is 0. The largest absolute Gasteiger partial charge is 0.508 e. The Morgan fingerprint density at radius 2 is 1.74 bits per heavy atom. The molecule has 4 heteroatoms. The van der Waals surface area contributed by atoms with Gasteiger partial charge in [-0.3, -0.25) is 0 Å². The van der Waals surface area contributed by atoms with Crippen LogP contribution >= 0.6 is 0 Å². The van der Waals surface area contributed by atoms with Gasteiger partial charge in [0.25, 0.3) is 0 Å². The third-order valence-electron chi connectivity index (χ3n) is 2.83. The summed E-state index contributed by atoms with van der Waals surface area (Å²) in [6, 6.07) is 12.7. The molecular weight excluding hydrogens is 242 g/mol. The maximum Gasteiger partial charge on any atom is 0.142 e. The fourth-order valence-corrected chi connectivity index (χ4v) is 1.76. The number of methoxy groups -OCH3 is 2. The van der Waals surface area contributed by atoms with Crippen LogP contribution in [0.15, 0.2) is 42.5 Å². The highest BCUT2D eigenvalue weighted by atomic mass is 16.5. The molecule has 0 aliphatic heterocycles. The van der Waals surface area contributed by atoms with Gasteiger partial charge in [0.1, 0.15) is 17.2 Å². The van der Waals surface area contributed by atoms with Crippen LogP contribution in [0.2, 0.25) is 0 Å². The fraction of sp³-hybridized carbons (Fsp3) is 0.200. The van der Waals surface area contributed by atoms with E-state index in [0.717, 1.165) is 22.7 Å². The summed E-state index contributed by atoms with van der Waals surface area (Å²) in [5.74, 6) is 1.80. The van der Waals surface area contributed by atoms with Gasteiger partial charge in [-0.1, -0.05) is 12.1 Å². The van der Waals surface area contributed by atoms with Crippen molar-refractivity contribution in [3.05, 3.63) is 48.0 Å². The van der Waals surface area contributed by atoms with Gasteiger partial charge in [-0.25, -0.2) is 0 Å². The maximum absolute atomic E-state index is 9.24. The first-order valence-electron chi connectivity index (χ1n) is 5.96. The van der Waals surface area contributed by atoms with Crippen molar-refractivity contribution < 1.29 is 14.6 Å². The molecule has 0 amide bonds. The Kier molecular flexibility index (Phi) is 4.13. The van der Waals surface area contributed by atoms with Crippen LogP contribution in [0, 0.1) is 0 Å². The van der Waals surface area contributed by atoms with Crippen molar-refractivity contribution in [2.75, 3.05) is 19.5 Å². The van der Waals surface area contributed by atoms with E-state index >= 15 is 0 Å². The second-order valence-electron chi connectivity index (χ2n) is 4.09. The van der Waals surface area contributed by atoms with Gasteiger partial charge in [-0.05, 0) is 29.8 Å². The molecule has 0 spiro atoms. The van der Waals surface area contributed by atoms with Crippen LogP contribution in [0.5, 0.6) is 17.2 Å². The van der Waals surface area contributed by atoms with Gasteiger partial charge >= 0.3 is 0 Å². The molecule has 0 radical (unpaired) electrons. The van der Waals surface area contributed by atoms with E-state index < -0.39 is 0 Å². The van der Waals surface area contributed by atoms with Crippen molar-refractivity contribution in [3.63, 3.8) is 0 Å². The molecule has 0 saturated heterocycles. The van der Waals surface area contributed by atoms with E-state index in [0.29, 0.717) is 6.54 Å². The van der Waals surface area contributed by atoms with Crippen molar-refractivity contribution in [1.82, 2.24) is 0 Å². The van der Waals surface area contributed by atoms with Crippen molar-refractivity contribution >= 4 is 5.69 Å². The smallest absolute Gasteiger partial charge is 0.142 e. The van der Waals surface area contributed by atoms with Gasteiger partial charge in [-0.2, -0.15) is 0 Å². The third-order valence-corrected chi connectivity index (χ3v) is 2.83. The lowest BCUT2D eigenvalue weighted by Gasteiger charge is -2.12. The number of aromatic hydroxyl groups is 1. The Balaban J connectivity index is 2.11. The molecule has 2 aromatic carbocycles. The van der Waals surface area contributed by atoms with Crippen LogP contribution in [0.25, 0.3) is 0 Å². The molecule has 0 unspecified atom stereocenters. The van der Waals surface area contributed by atoms with E-state index in [4.69, 9.17) is 9.47 Å². The van der Waals surface area contributed by atoms with Crippen molar-refractivity contribution in [2.45, 2.75) is 6.54 Å². The third kappa shape index (κ3) is 3.31. The lowest BCUT2D eigenvalue weighted by atomic mass is 10.2. The minimum atomic E-state index is 0.266. The predicted octanol–water partition coefficient (Wildman–Crippen LogP) is 3.02. The lowest BCUT2D eigenvalue weighted by Crippen LogP contribution is -2.01. The normalized spacial score (nSPS) is 10.0. The Hall–Kier alpha value is -2.36. The molecule has 0 saturated carbocycles. The fourth-order valence-electron chi connectivity index (χ4n) is 1.76. The first-order valence-corrected chi connectivity index (χ1v) is 5.96. The molecule has 2 rings (SSSR count). The first kappa shape index (κ1) is 13.1. The Labute approximate surface area is 112 Å². The van der Waals surface area contributed by atoms with Crippen LogP contribution in [0.1, 0.15) is 5.56 Å². The van der Waals surface area contributed by atoms with E-state index in [2.05, 4.69) is 5.32 Å². The summed E-state index contributed by atoms with van der Waals surface area (Å²) < 4.78 is 10.5. The molecular formula is C15H17NO3. The predicted molar refractivity (Wildman–Crippen MR) is 75.0 cm³/mol. The number of phenols is 1. The van der Waals surface area contributed by atoms with E-state index in [1.807, 2.05) is 30.3 Å². The second kappa shape index (κ2) is 6.00. The minimum absolute atomic E-state index is 0.266. The van der Waals surface area contributed by atoms with Crippen molar-refractivity contribution in [2.24, 2.45) is 0 Å². The monoisotopic (exact) mass is 259 g/mol. The van der Waals surface area contributed by atoms with Gasteiger partial charge in [0.05, 0.1) is 19.9 Å². The number of hydrogen-bond acceptors (Lipinski definition) is 4. The van der Waals surface area contributed by atoms with Crippen LogP contribution in [-0.4, -0.2) is 19.3 Å². The summed E-state index contributed by atoms with van der Waals surface area (Å²) in [5.41, 5.74) is 1.94. The number of hydrogen-bond donors (Lipinski definition) is 2. The van der Waals surface area contributed by atoms with Gasteiger partial charge in [0, 0.05) is 12.6 Å². The number of benzene rings is 2. The SMILES string of the molecule is COc1ccc(OC)c(NCc2ccc(O)cc2)c1. The Morgan fingerprint density at radius 3 is 2.37 bits per heavy atom. The number of phenolic OH excluding ortho intramolecular Hbond substituents is 1.